The fourth-order valence-electron chi connectivity index (χ4n) is 5.47. The van der Waals surface area contributed by atoms with E-state index in [9.17, 15) is 19.5 Å². The molecule has 0 aliphatic carbocycles. The Hall–Kier alpha value is -4.55. The minimum Gasteiger partial charge on any atom is -0.445 e. The molecule has 3 heterocycles. The Morgan fingerprint density at radius 1 is 0.894 bits per heavy atom. The highest BCUT2D eigenvalue weighted by molar-refractivity contribution is 7.99. The number of carbonyl (C=O) groups excluding carboxylic acids is 3. The predicted octanol–water partition coefficient (Wildman–Crippen LogP) is 5.47. The van der Waals surface area contributed by atoms with Crippen LogP contribution in [0.3, 0.4) is 0 Å². The second-order valence-corrected chi connectivity index (χ2v) is 12.4. The van der Waals surface area contributed by atoms with Crippen LogP contribution in [0.1, 0.15) is 53.1 Å². The average molecular weight is 654 g/mol. The van der Waals surface area contributed by atoms with E-state index in [4.69, 9.17) is 14.2 Å². The third-order valence-corrected chi connectivity index (χ3v) is 9.09. The number of aliphatic hydroxyl groups excluding tert-OH is 1. The average Bonchev–Trinajstić information content (AvgIpc) is 3.38. The predicted molar refractivity (Wildman–Crippen MR) is 174 cm³/mol. The van der Waals surface area contributed by atoms with Gasteiger partial charge in [0.2, 0.25) is 5.91 Å². The highest BCUT2D eigenvalue weighted by atomic mass is 32.2. The van der Waals surface area contributed by atoms with Crippen LogP contribution in [0.15, 0.2) is 108 Å². The van der Waals surface area contributed by atoms with Gasteiger partial charge in [0.05, 0.1) is 36.8 Å². The van der Waals surface area contributed by atoms with Gasteiger partial charge in [-0.1, -0.05) is 84.9 Å². The van der Waals surface area contributed by atoms with Crippen LogP contribution in [0.2, 0.25) is 0 Å². The van der Waals surface area contributed by atoms with Gasteiger partial charge in [0.25, 0.3) is 5.91 Å². The van der Waals surface area contributed by atoms with Crippen LogP contribution in [-0.2, 0) is 43.6 Å². The lowest BCUT2D eigenvalue weighted by Crippen LogP contribution is -2.41. The number of nitrogens with one attached hydrogen (secondary N) is 1. The fourth-order valence-corrected chi connectivity index (χ4v) is 6.35. The smallest absolute Gasteiger partial charge is 0.408 e. The first kappa shape index (κ1) is 32.4. The van der Waals surface area contributed by atoms with Gasteiger partial charge in [-0.05, 0) is 34.4 Å². The molecule has 0 radical (unpaired) electrons. The van der Waals surface area contributed by atoms with Gasteiger partial charge >= 0.3 is 6.09 Å². The molecule has 10 nitrogen and oxygen atoms in total. The van der Waals surface area contributed by atoms with Gasteiger partial charge in [-0.15, -0.1) is 11.8 Å². The van der Waals surface area contributed by atoms with E-state index in [1.165, 1.54) is 0 Å². The molecule has 2 aliphatic rings. The Morgan fingerprint density at radius 3 is 2.34 bits per heavy atom. The molecule has 1 aromatic heterocycles. The normalized spacial score (nSPS) is 21.1. The summed E-state index contributed by atoms with van der Waals surface area (Å²) in [6.45, 7) is 0.109. The molecule has 47 heavy (non-hydrogen) atoms. The summed E-state index contributed by atoms with van der Waals surface area (Å²) in [5.41, 5.74) is 4.19. The SMILES string of the molecule is O=C(NC1CC(=O)N(Cc2ccc([C@@H]3O[C@H](CSc4ccccn4)C[C@H](c4ccc(CO)cc4)O3)cc2)C1=O)OCc1ccccc1. The number of benzene rings is 3. The Morgan fingerprint density at radius 2 is 1.62 bits per heavy atom. The molecule has 11 heteroatoms. The maximum atomic E-state index is 13.0. The van der Waals surface area contributed by atoms with Crippen molar-refractivity contribution < 1.29 is 33.7 Å². The highest BCUT2D eigenvalue weighted by Crippen LogP contribution is 2.39. The number of hydrogen-bond acceptors (Lipinski definition) is 9. The van der Waals surface area contributed by atoms with Crippen LogP contribution in [0.4, 0.5) is 4.79 Å². The van der Waals surface area contributed by atoms with E-state index in [2.05, 4.69) is 10.3 Å². The summed E-state index contributed by atoms with van der Waals surface area (Å²) in [6, 6.07) is 29.2. The van der Waals surface area contributed by atoms with Gasteiger partial charge in [0.15, 0.2) is 6.29 Å². The van der Waals surface area contributed by atoms with E-state index in [-0.39, 0.29) is 44.3 Å². The van der Waals surface area contributed by atoms with Crippen molar-refractivity contribution in [1.29, 1.82) is 0 Å². The lowest BCUT2D eigenvalue weighted by atomic mass is 10.0. The van der Waals surface area contributed by atoms with Crippen LogP contribution in [0.5, 0.6) is 0 Å². The van der Waals surface area contributed by atoms with Gasteiger partial charge in [-0.25, -0.2) is 9.78 Å². The van der Waals surface area contributed by atoms with Crippen molar-refractivity contribution in [1.82, 2.24) is 15.2 Å². The van der Waals surface area contributed by atoms with Gasteiger partial charge < -0.3 is 24.6 Å². The zero-order valence-electron chi connectivity index (χ0n) is 25.6. The molecule has 2 N–H and O–H groups in total. The van der Waals surface area contributed by atoms with Gasteiger partial charge in [0.1, 0.15) is 12.6 Å². The topological polar surface area (TPSA) is 127 Å². The Kier molecular flexibility index (Phi) is 10.6. The Balaban J connectivity index is 1.08. The molecule has 0 bridgehead atoms. The van der Waals surface area contributed by atoms with E-state index in [0.717, 1.165) is 37.7 Å². The minimum atomic E-state index is -0.974. The highest BCUT2D eigenvalue weighted by Gasteiger charge is 2.40. The minimum absolute atomic E-state index is 0.0275. The van der Waals surface area contributed by atoms with E-state index in [0.29, 0.717) is 12.2 Å². The summed E-state index contributed by atoms with van der Waals surface area (Å²) in [5.74, 6) is -0.151. The van der Waals surface area contributed by atoms with Crippen LogP contribution in [0.25, 0.3) is 0 Å². The number of ether oxygens (including phenoxy) is 3. The molecule has 0 spiro atoms. The molecule has 4 aromatic rings. The summed E-state index contributed by atoms with van der Waals surface area (Å²) in [4.78, 5) is 43.6. The molecule has 3 aromatic carbocycles. The number of nitrogens with zero attached hydrogens (tertiary/aromatic N) is 2. The summed E-state index contributed by atoms with van der Waals surface area (Å²) in [7, 11) is 0. The van der Waals surface area contributed by atoms with E-state index in [1.54, 1.807) is 18.0 Å². The Bertz CT molecular complexity index is 1660. The molecule has 2 fully saturated rings. The van der Waals surface area contributed by atoms with E-state index in [1.807, 2.05) is 97.1 Å². The molecule has 2 aliphatic heterocycles. The van der Waals surface area contributed by atoms with Crippen molar-refractivity contribution in [3.63, 3.8) is 0 Å². The number of thioether (sulfide) groups is 1. The molecule has 0 saturated carbocycles. The van der Waals surface area contributed by atoms with Crippen molar-refractivity contribution in [3.8, 4) is 0 Å². The van der Waals surface area contributed by atoms with E-state index < -0.39 is 24.3 Å². The molecule has 2 saturated heterocycles. The monoisotopic (exact) mass is 653 g/mol. The largest absolute Gasteiger partial charge is 0.445 e. The standard InChI is InChI=1S/C36H35N3O7S/c40-21-25-11-13-27(14-12-25)31-18-29(23-47-32-8-4-5-17-37-32)45-35(46-31)28-15-9-24(10-16-28)20-39-33(41)19-30(34(39)42)38-36(43)44-22-26-6-2-1-3-7-26/h1-17,29-31,35,40H,18-23H2,(H,38,43)/t29-,30?,31+,35+/m0/s1. The van der Waals surface area contributed by atoms with Crippen LogP contribution < -0.4 is 5.32 Å². The van der Waals surface area contributed by atoms with Crippen molar-refractivity contribution in [2.45, 2.75) is 62.2 Å². The maximum Gasteiger partial charge on any atom is 0.408 e. The number of alkyl carbamates (subject to hydrolysis) is 1. The number of aromatic nitrogens is 1. The third kappa shape index (κ3) is 8.44. The van der Waals surface area contributed by atoms with Gasteiger partial charge in [-0.2, -0.15) is 0 Å². The first-order valence-electron chi connectivity index (χ1n) is 15.4. The molecule has 242 valence electrons. The molecule has 1 unspecified atom stereocenters. The van der Waals surface area contributed by atoms with Crippen molar-refractivity contribution in [3.05, 3.63) is 131 Å². The molecular formula is C36H35N3O7S. The fraction of sp³-hybridized carbons (Fsp3) is 0.278. The molecule has 4 atom stereocenters. The van der Waals surface area contributed by atoms with Crippen LogP contribution >= 0.6 is 11.8 Å². The number of likely N-dealkylation sites (tertiary alicyclic amines) is 1. The van der Waals surface area contributed by atoms with Crippen molar-refractivity contribution in [2.75, 3.05) is 5.75 Å². The number of amides is 3. The zero-order chi connectivity index (χ0) is 32.6. The number of hydrogen-bond donors (Lipinski definition) is 2. The first-order valence-corrected chi connectivity index (χ1v) is 16.4. The third-order valence-electron chi connectivity index (χ3n) is 8.01. The number of carbonyl (C=O) groups is 3. The molecule has 3 amide bonds. The number of pyridine rings is 1. The quantitative estimate of drug-likeness (QED) is 0.160. The zero-order valence-corrected chi connectivity index (χ0v) is 26.4. The lowest BCUT2D eigenvalue weighted by molar-refractivity contribution is -0.245. The number of aliphatic hydroxyl groups is 1. The number of imide groups is 1. The second-order valence-electron chi connectivity index (χ2n) is 11.4. The van der Waals surface area contributed by atoms with Crippen molar-refractivity contribution >= 4 is 29.7 Å². The second kappa shape index (κ2) is 15.4. The van der Waals surface area contributed by atoms with Crippen LogP contribution in [-0.4, -0.2) is 50.8 Å². The van der Waals surface area contributed by atoms with Crippen LogP contribution in [0, 0.1) is 0 Å². The number of rotatable bonds is 11. The maximum absolute atomic E-state index is 13.0. The first-order chi connectivity index (χ1) is 22.9. The van der Waals surface area contributed by atoms with Crippen molar-refractivity contribution in [2.24, 2.45) is 0 Å². The summed E-state index contributed by atoms with van der Waals surface area (Å²) < 4.78 is 18.1. The summed E-state index contributed by atoms with van der Waals surface area (Å²) in [6.07, 6.45) is 0.564. The van der Waals surface area contributed by atoms with Gasteiger partial charge in [-0.3, -0.25) is 14.5 Å². The summed E-state index contributed by atoms with van der Waals surface area (Å²) >= 11 is 1.63. The molecule has 6 rings (SSSR count). The van der Waals surface area contributed by atoms with Gasteiger partial charge in [0, 0.05) is 23.9 Å². The van der Waals surface area contributed by atoms with E-state index >= 15 is 0 Å². The lowest BCUT2D eigenvalue weighted by Gasteiger charge is -2.36. The summed E-state index contributed by atoms with van der Waals surface area (Å²) in [5, 5.41) is 12.9. The molecular weight excluding hydrogens is 618 g/mol. The Labute approximate surface area is 277 Å².